The third-order valence-electron chi connectivity index (χ3n) is 3.43. The Morgan fingerprint density at radius 3 is 2.80 bits per heavy atom. The molecule has 0 spiro atoms. The number of hydrogen-bond acceptors (Lipinski definition) is 6. The maximum atomic E-state index is 6.02. The summed E-state index contributed by atoms with van der Waals surface area (Å²) >= 11 is 0. The molecule has 0 saturated heterocycles. The lowest BCUT2D eigenvalue weighted by Gasteiger charge is -2.15. The van der Waals surface area contributed by atoms with Gasteiger partial charge in [-0.05, 0) is 25.1 Å². The van der Waals surface area contributed by atoms with Gasteiger partial charge in [-0.1, -0.05) is 6.07 Å². The molecule has 0 aliphatic rings. The summed E-state index contributed by atoms with van der Waals surface area (Å²) in [5, 5.41) is 4.39. The van der Waals surface area contributed by atoms with E-state index >= 15 is 0 Å². The van der Waals surface area contributed by atoms with Crippen molar-refractivity contribution in [2.75, 3.05) is 21.2 Å². The van der Waals surface area contributed by atoms with Crippen LogP contribution in [0.25, 0.3) is 5.78 Å². The van der Waals surface area contributed by atoms with Crippen LogP contribution in [0.2, 0.25) is 0 Å². The van der Waals surface area contributed by atoms with Crippen LogP contribution in [0.3, 0.4) is 0 Å². The minimum absolute atomic E-state index is 0.259. The second-order valence-corrected chi connectivity index (χ2v) is 5.64. The van der Waals surface area contributed by atoms with Crippen LogP contribution in [-0.2, 0) is 0 Å². The Morgan fingerprint density at radius 2 is 2.04 bits per heavy atom. The van der Waals surface area contributed by atoms with Crippen molar-refractivity contribution in [3.05, 3.63) is 42.2 Å². The molecule has 3 aromatic rings. The molecule has 1 aromatic carbocycles. The van der Waals surface area contributed by atoms with Crippen molar-refractivity contribution in [2.45, 2.75) is 13.0 Å². The Labute approximate surface area is 145 Å². The molecular formula is C17H20N6O2. The van der Waals surface area contributed by atoms with Gasteiger partial charge >= 0.3 is 0 Å². The summed E-state index contributed by atoms with van der Waals surface area (Å²) in [6.45, 7) is 1.94. The fraction of sp³-hybridized carbons (Fsp3) is 0.294. The van der Waals surface area contributed by atoms with Gasteiger partial charge in [0, 0.05) is 26.4 Å². The number of aromatic nitrogens is 4. The Bertz CT molecular complexity index is 890. The number of nitrogens with zero attached hydrogens (tertiary/aromatic N) is 6. The molecule has 0 amide bonds. The number of aliphatic imine (C=N–C) groups is 1. The molecular weight excluding hydrogens is 320 g/mol. The van der Waals surface area contributed by atoms with Gasteiger partial charge in [-0.2, -0.15) is 9.50 Å². The van der Waals surface area contributed by atoms with Crippen molar-refractivity contribution in [1.29, 1.82) is 0 Å². The maximum Gasteiger partial charge on any atom is 0.272 e. The first kappa shape index (κ1) is 16.7. The quantitative estimate of drug-likeness (QED) is 0.507. The summed E-state index contributed by atoms with van der Waals surface area (Å²) in [4.78, 5) is 14.6. The van der Waals surface area contributed by atoms with Gasteiger partial charge in [0.15, 0.2) is 0 Å². The zero-order valence-corrected chi connectivity index (χ0v) is 14.6. The molecule has 2 aromatic heterocycles. The smallest absolute Gasteiger partial charge is 0.272 e. The fourth-order valence-corrected chi connectivity index (χ4v) is 2.27. The monoisotopic (exact) mass is 340 g/mol. The van der Waals surface area contributed by atoms with Crippen LogP contribution in [0, 0.1) is 0 Å². The second kappa shape index (κ2) is 7.16. The van der Waals surface area contributed by atoms with Gasteiger partial charge in [0.25, 0.3) is 11.7 Å². The number of ether oxygens (including phenoxy) is 2. The highest BCUT2D eigenvalue weighted by atomic mass is 16.5. The van der Waals surface area contributed by atoms with Crippen LogP contribution in [0.1, 0.15) is 18.7 Å². The van der Waals surface area contributed by atoms with E-state index < -0.39 is 0 Å². The van der Waals surface area contributed by atoms with E-state index in [0.717, 1.165) is 11.4 Å². The van der Waals surface area contributed by atoms with E-state index in [2.05, 4.69) is 20.1 Å². The van der Waals surface area contributed by atoms with E-state index in [9.17, 15) is 0 Å². The average molecular weight is 340 g/mol. The van der Waals surface area contributed by atoms with Crippen LogP contribution in [-0.4, -0.2) is 52.0 Å². The summed E-state index contributed by atoms with van der Waals surface area (Å²) < 4.78 is 12.9. The van der Waals surface area contributed by atoms with Gasteiger partial charge < -0.3 is 14.4 Å². The van der Waals surface area contributed by atoms with E-state index in [-0.39, 0.29) is 6.10 Å². The fourth-order valence-electron chi connectivity index (χ4n) is 2.27. The van der Waals surface area contributed by atoms with Crippen LogP contribution >= 0.6 is 0 Å². The van der Waals surface area contributed by atoms with Crippen LogP contribution in [0.15, 0.2) is 41.5 Å². The highest BCUT2D eigenvalue weighted by Crippen LogP contribution is 2.25. The molecule has 0 unspecified atom stereocenters. The lowest BCUT2D eigenvalue weighted by atomic mass is 10.2. The summed E-state index contributed by atoms with van der Waals surface area (Å²) in [6, 6.07) is 9.32. The Morgan fingerprint density at radius 1 is 1.24 bits per heavy atom. The Balaban J connectivity index is 1.89. The van der Waals surface area contributed by atoms with E-state index in [1.165, 1.54) is 0 Å². The third kappa shape index (κ3) is 3.85. The summed E-state index contributed by atoms with van der Waals surface area (Å²) in [5.41, 5.74) is 0.826. The van der Waals surface area contributed by atoms with Gasteiger partial charge in [0.05, 0.1) is 19.1 Å². The van der Waals surface area contributed by atoms with Crippen molar-refractivity contribution in [1.82, 2.24) is 24.5 Å². The minimum atomic E-state index is -0.259. The SMILES string of the molecule is COc1cccc(O[C@@H](C)c2ccnc3nc(N=CN(C)C)nn23)c1. The number of methoxy groups -OCH3 is 1. The van der Waals surface area contributed by atoms with Crippen LogP contribution < -0.4 is 9.47 Å². The lowest BCUT2D eigenvalue weighted by Crippen LogP contribution is -2.10. The molecule has 8 nitrogen and oxygen atoms in total. The zero-order valence-electron chi connectivity index (χ0n) is 14.6. The highest BCUT2D eigenvalue weighted by Gasteiger charge is 2.15. The molecule has 0 aliphatic carbocycles. The molecule has 25 heavy (non-hydrogen) atoms. The number of rotatable bonds is 6. The number of benzene rings is 1. The molecule has 0 N–H and O–H groups in total. The first-order valence-corrected chi connectivity index (χ1v) is 7.80. The molecule has 130 valence electrons. The lowest BCUT2D eigenvalue weighted by molar-refractivity contribution is 0.218. The average Bonchev–Trinajstić information content (AvgIpc) is 3.03. The largest absolute Gasteiger partial charge is 0.497 e. The molecule has 0 bridgehead atoms. The van der Waals surface area contributed by atoms with Gasteiger partial charge in [0.1, 0.15) is 17.6 Å². The summed E-state index contributed by atoms with van der Waals surface area (Å²) in [5.74, 6) is 2.28. The van der Waals surface area contributed by atoms with E-state index in [1.807, 2.05) is 56.3 Å². The molecule has 0 fully saturated rings. The van der Waals surface area contributed by atoms with Crippen LogP contribution in [0.5, 0.6) is 11.5 Å². The van der Waals surface area contributed by atoms with Crippen molar-refractivity contribution in [2.24, 2.45) is 4.99 Å². The molecule has 8 heteroatoms. The van der Waals surface area contributed by atoms with Gasteiger partial charge in [-0.25, -0.2) is 9.98 Å². The summed E-state index contributed by atoms with van der Waals surface area (Å²) in [6.07, 6.45) is 3.07. The summed E-state index contributed by atoms with van der Waals surface area (Å²) in [7, 11) is 5.39. The zero-order chi connectivity index (χ0) is 17.8. The third-order valence-corrected chi connectivity index (χ3v) is 3.43. The topological polar surface area (TPSA) is 77.1 Å². The van der Waals surface area contributed by atoms with Crippen molar-refractivity contribution in [3.63, 3.8) is 0 Å². The number of fused-ring (bicyclic) bond motifs is 1. The first-order valence-electron chi connectivity index (χ1n) is 7.80. The van der Waals surface area contributed by atoms with Gasteiger partial charge in [-0.3, -0.25) is 0 Å². The van der Waals surface area contributed by atoms with Crippen molar-refractivity contribution >= 4 is 18.1 Å². The predicted molar refractivity (Wildman–Crippen MR) is 94.7 cm³/mol. The van der Waals surface area contributed by atoms with Crippen LogP contribution in [0.4, 0.5) is 5.95 Å². The van der Waals surface area contributed by atoms with Gasteiger partial charge in [-0.15, -0.1) is 5.10 Å². The Kier molecular flexibility index (Phi) is 4.78. The molecule has 3 rings (SSSR count). The second-order valence-electron chi connectivity index (χ2n) is 5.64. The van der Waals surface area contributed by atoms with E-state index in [4.69, 9.17) is 9.47 Å². The molecule has 0 saturated carbocycles. The molecule has 0 radical (unpaired) electrons. The minimum Gasteiger partial charge on any atom is -0.497 e. The van der Waals surface area contributed by atoms with E-state index in [0.29, 0.717) is 17.5 Å². The number of hydrogen-bond donors (Lipinski definition) is 0. The normalized spacial score (nSPS) is 12.5. The molecule has 0 aliphatic heterocycles. The maximum absolute atomic E-state index is 6.02. The van der Waals surface area contributed by atoms with Gasteiger partial charge in [0.2, 0.25) is 0 Å². The van der Waals surface area contributed by atoms with E-state index in [1.54, 1.807) is 24.2 Å². The van der Waals surface area contributed by atoms with Crippen molar-refractivity contribution < 1.29 is 9.47 Å². The molecule has 1 atom stereocenters. The first-order chi connectivity index (χ1) is 12.1. The highest BCUT2D eigenvalue weighted by molar-refractivity contribution is 5.58. The predicted octanol–water partition coefficient (Wildman–Crippen LogP) is 2.49. The van der Waals surface area contributed by atoms with Crippen molar-refractivity contribution in [3.8, 4) is 11.5 Å². The Hall–Kier alpha value is -3.16. The molecule has 2 heterocycles. The standard InChI is InChI=1S/C17H20N6O2/c1-12(25-14-7-5-6-13(10-14)24-4)15-8-9-18-17-20-16(21-23(15)17)19-11-22(2)3/h5-12H,1-4H3/t12-/m0/s1.